The molecule has 0 saturated heterocycles. The van der Waals surface area contributed by atoms with Crippen LogP contribution in [0, 0.1) is 6.92 Å². The summed E-state index contributed by atoms with van der Waals surface area (Å²) in [5.41, 5.74) is 3.69. The smallest absolute Gasteiger partial charge is 0.0665 e. The first-order valence-electron chi connectivity index (χ1n) is 7.48. The fourth-order valence-corrected chi connectivity index (χ4v) is 2.68. The van der Waals surface area contributed by atoms with E-state index in [1.807, 2.05) is 4.68 Å². The number of nitrogens with one attached hydrogen (secondary N) is 1. The zero-order chi connectivity index (χ0) is 14.7. The Morgan fingerprint density at radius 1 is 1.05 bits per heavy atom. The average Bonchev–Trinajstić information content (AvgIpc) is 2.85. The van der Waals surface area contributed by atoms with Gasteiger partial charge in [-0.25, -0.2) is 0 Å². The first kappa shape index (κ1) is 13.8. The minimum Gasteiger partial charge on any atom is -0.313 e. The third kappa shape index (κ3) is 2.98. The molecule has 0 bridgehead atoms. The van der Waals surface area contributed by atoms with E-state index >= 15 is 0 Å². The number of fused-ring (bicyclic) bond motifs is 1. The molecule has 3 nitrogen and oxygen atoms in total. The lowest BCUT2D eigenvalue weighted by Crippen LogP contribution is -2.11. The Kier molecular flexibility index (Phi) is 4.02. The number of nitrogens with zero attached hydrogens (tertiary/aromatic N) is 2. The molecule has 0 aliphatic heterocycles. The Balaban J connectivity index is 1.88. The standard InChI is InChI=1S/C18H21N3/c1-3-19-11-17-13-21(20-14(17)2)12-16-9-6-8-15-7-4-5-10-18(15)16/h4-10,13,19H,3,11-12H2,1-2H3. The summed E-state index contributed by atoms with van der Waals surface area (Å²) in [4.78, 5) is 0. The molecule has 1 N–H and O–H groups in total. The van der Waals surface area contributed by atoms with Gasteiger partial charge in [0.25, 0.3) is 0 Å². The van der Waals surface area contributed by atoms with Crippen LogP contribution in [0.25, 0.3) is 10.8 Å². The van der Waals surface area contributed by atoms with Crippen molar-refractivity contribution in [2.45, 2.75) is 26.9 Å². The lowest BCUT2D eigenvalue weighted by Gasteiger charge is -2.06. The zero-order valence-electron chi connectivity index (χ0n) is 12.6. The second-order valence-corrected chi connectivity index (χ2v) is 5.36. The van der Waals surface area contributed by atoms with Gasteiger partial charge in [0, 0.05) is 18.3 Å². The van der Waals surface area contributed by atoms with Crippen molar-refractivity contribution in [3.63, 3.8) is 0 Å². The molecule has 0 aliphatic rings. The van der Waals surface area contributed by atoms with Crippen LogP contribution in [0.4, 0.5) is 0 Å². The molecule has 0 radical (unpaired) electrons. The second kappa shape index (κ2) is 6.10. The van der Waals surface area contributed by atoms with Crippen molar-refractivity contribution in [1.29, 1.82) is 0 Å². The fraction of sp³-hybridized carbons (Fsp3) is 0.278. The Morgan fingerprint density at radius 3 is 2.71 bits per heavy atom. The predicted molar refractivity (Wildman–Crippen MR) is 87.4 cm³/mol. The highest BCUT2D eigenvalue weighted by Gasteiger charge is 2.06. The maximum absolute atomic E-state index is 4.64. The van der Waals surface area contributed by atoms with E-state index < -0.39 is 0 Å². The van der Waals surface area contributed by atoms with E-state index in [4.69, 9.17) is 0 Å². The van der Waals surface area contributed by atoms with Crippen molar-refractivity contribution in [2.24, 2.45) is 0 Å². The van der Waals surface area contributed by atoms with Crippen molar-refractivity contribution < 1.29 is 0 Å². The minimum atomic E-state index is 0.814. The molecule has 0 aliphatic carbocycles. The molecular formula is C18H21N3. The van der Waals surface area contributed by atoms with Gasteiger partial charge >= 0.3 is 0 Å². The number of aromatic nitrogens is 2. The number of aryl methyl sites for hydroxylation is 1. The molecular weight excluding hydrogens is 258 g/mol. The molecule has 0 fully saturated rings. The Morgan fingerprint density at radius 2 is 1.86 bits per heavy atom. The van der Waals surface area contributed by atoms with Crippen LogP contribution in [0.15, 0.2) is 48.7 Å². The molecule has 3 heteroatoms. The van der Waals surface area contributed by atoms with Crippen LogP contribution in [0.1, 0.15) is 23.7 Å². The molecule has 1 aromatic heterocycles. The first-order chi connectivity index (χ1) is 10.3. The van der Waals surface area contributed by atoms with E-state index in [0.717, 1.165) is 25.3 Å². The third-order valence-electron chi connectivity index (χ3n) is 3.83. The maximum atomic E-state index is 4.64. The molecule has 3 rings (SSSR count). The zero-order valence-corrected chi connectivity index (χ0v) is 12.6. The number of hydrogen-bond donors (Lipinski definition) is 1. The Bertz CT molecular complexity index is 738. The van der Waals surface area contributed by atoms with E-state index in [1.54, 1.807) is 0 Å². The molecule has 0 amide bonds. The molecule has 0 spiro atoms. The summed E-state index contributed by atoms with van der Waals surface area (Å²) in [5.74, 6) is 0. The highest BCUT2D eigenvalue weighted by Crippen LogP contribution is 2.19. The molecule has 0 atom stereocenters. The van der Waals surface area contributed by atoms with E-state index in [0.29, 0.717) is 0 Å². The van der Waals surface area contributed by atoms with Crippen molar-refractivity contribution in [2.75, 3.05) is 6.54 Å². The number of benzene rings is 2. The van der Waals surface area contributed by atoms with Crippen LogP contribution in [0.2, 0.25) is 0 Å². The van der Waals surface area contributed by atoms with Crippen LogP contribution < -0.4 is 5.32 Å². The van der Waals surface area contributed by atoms with Gasteiger partial charge in [0.2, 0.25) is 0 Å². The summed E-state index contributed by atoms with van der Waals surface area (Å²) in [7, 11) is 0. The number of rotatable bonds is 5. The van der Waals surface area contributed by atoms with Gasteiger partial charge in [-0.05, 0) is 29.8 Å². The monoisotopic (exact) mass is 279 g/mol. The SMILES string of the molecule is CCNCc1cn(Cc2cccc3ccccc23)nc1C. The summed E-state index contributed by atoms with van der Waals surface area (Å²) in [6.07, 6.45) is 2.15. The lowest BCUT2D eigenvalue weighted by atomic mass is 10.0. The Labute approximate surface area is 125 Å². The third-order valence-corrected chi connectivity index (χ3v) is 3.83. The molecule has 21 heavy (non-hydrogen) atoms. The van der Waals surface area contributed by atoms with Gasteiger partial charge in [0.1, 0.15) is 0 Å². The van der Waals surface area contributed by atoms with Gasteiger partial charge in [0.05, 0.1) is 12.2 Å². The van der Waals surface area contributed by atoms with E-state index in [-0.39, 0.29) is 0 Å². The van der Waals surface area contributed by atoms with Gasteiger partial charge in [-0.1, -0.05) is 49.4 Å². The van der Waals surface area contributed by atoms with E-state index in [1.165, 1.54) is 21.9 Å². The minimum absolute atomic E-state index is 0.814. The van der Waals surface area contributed by atoms with Crippen LogP contribution >= 0.6 is 0 Å². The van der Waals surface area contributed by atoms with Gasteiger partial charge < -0.3 is 5.32 Å². The van der Waals surface area contributed by atoms with Crippen molar-refractivity contribution in [1.82, 2.24) is 15.1 Å². The van der Waals surface area contributed by atoms with Crippen LogP contribution in [-0.2, 0) is 13.1 Å². The van der Waals surface area contributed by atoms with Gasteiger partial charge in [-0.3, -0.25) is 4.68 Å². The molecule has 0 unspecified atom stereocenters. The van der Waals surface area contributed by atoms with E-state index in [2.05, 4.69) is 72.9 Å². The Hall–Kier alpha value is -2.13. The van der Waals surface area contributed by atoms with Crippen LogP contribution in [0.3, 0.4) is 0 Å². The maximum Gasteiger partial charge on any atom is 0.0665 e. The largest absolute Gasteiger partial charge is 0.313 e. The van der Waals surface area contributed by atoms with Crippen LogP contribution in [0.5, 0.6) is 0 Å². The molecule has 1 heterocycles. The van der Waals surface area contributed by atoms with Crippen molar-refractivity contribution in [3.8, 4) is 0 Å². The molecule has 108 valence electrons. The molecule has 2 aromatic carbocycles. The lowest BCUT2D eigenvalue weighted by molar-refractivity contribution is 0.681. The summed E-state index contributed by atoms with van der Waals surface area (Å²) in [6, 6.07) is 15.0. The summed E-state index contributed by atoms with van der Waals surface area (Å²) >= 11 is 0. The van der Waals surface area contributed by atoms with E-state index in [9.17, 15) is 0 Å². The first-order valence-corrected chi connectivity index (χ1v) is 7.48. The molecule has 3 aromatic rings. The normalized spacial score (nSPS) is 11.1. The summed E-state index contributed by atoms with van der Waals surface area (Å²) < 4.78 is 2.05. The van der Waals surface area contributed by atoms with Gasteiger partial charge in [-0.15, -0.1) is 0 Å². The van der Waals surface area contributed by atoms with Crippen LogP contribution in [-0.4, -0.2) is 16.3 Å². The van der Waals surface area contributed by atoms with Gasteiger partial charge in [0.15, 0.2) is 0 Å². The van der Waals surface area contributed by atoms with Crippen molar-refractivity contribution in [3.05, 3.63) is 65.5 Å². The predicted octanol–water partition coefficient (Wildman–Crippen LogP) is 3.50. The highest BCUT2D eigenvalue weighted by molar-refractivity contribution is 5.85. The van der Waals surface area contributed by atoms with Gasteiger partial charge in [-0.2, -0.15) is 5.10 Å². The summed E-state index contributed by atoms with van der Waals surface area (Å²) in [6.45, 7) is 6.88. The van der Waals surface area contributed by atoms with Crippen molar-refractivity contribution >= 4 is 10.8 Å². The molecule has 0 saturated carbocycles. The topological polar surface area (TPSA) is 29.9 Å². The quantitative estimate of drug-likeness (QED) is 0.774. The number of hydrogen-bond acceptors (Lipinski definition) is 2. The summed E-state index contributed by atoms with van der Waals surface area (Å²) in [5, 5.41) is 10.6. The highest BCUT2D eigenvalue weighted by atomic mass is 15.3. The fourth-order valence-electron chi connectivity index (χ4n) is 2.68. The average molecular weight is 279 g/mol. The second-order valence-electron chi connectivity index (χ2n) is 5.36.